The lowest BCUT2D eigenvalue weighted by Crippen LogP contribution is -2.30. The number of rotatable bonds is 5. The van der Waals surface area contributed by atoms with Crippen molar-refractivity contribution >= 4 is 23.1 Å². The van der Waals surface area contributed by atoms with E-state index in [1.54, 1.807) is 12.4 Å². The molecule has 1 aromatic heterocycles. The molecular weight excluding hydrogens is 370 g/mol. The average molecular weight is 395 g/mol. The first kappa shape index (κ1) is 19.2. The smallest absolute Gasteiger partial charge is 0.222 e. The molecule has 1 fully saturated rings. The predicted octanol–water partition coefficient (Wildman–Crippen LogP) is 3.20. The fourth-order valence-electron chi connectivity index (χ4n) is 3.77. The molecule has 4 rings (SSSR count). The highest BCUT2D eigenvalue weighted by atomic mass is 16.5. The van der Waals surface area contributed by atoms with Crippen molar-refractivity contribution in [2.45, 2.75) is 32.8 Å². The van der Waals surface area contributed by atoms with Crippen LogP contribution in [0.3, 0.4) is 0 Å². The number of Topliss-reactive ketones (excluding diaryl/α,β-unsaturated/α-hetero) is 1. The molecule has 3 heterocycles. The standard InChI is InChI=1S/C22H25N3O4/c1-3-22(27)24-7-6-19(14-24)29-18-4-5-21-20(11-18)25(8-9-28-21)17-10-16(15(2)26)12-23-13-17/h4-5,10-13,19H,3,6-9,14H2,1-2H3/t19-/m0/s1. The first-order chi connectivity index (χ1) is 14.0. The molecule has 0 unspecified atom stereocenters. The number of benzene rings is 1. The maximum atomic E-state index is 11.9. The third-order valence-electron chi connectivity index (χ3n) is 5.34. The van der Waals surface area contributed by atoms with Gasteiger partial charge in [0.25, 0.3) is 0 Å². The minimum Gasteiger partial charge on any atom is -0.490 e. The van der Waals surface area contributed by atoms with E-state index in [0.29, 0.717) is 31.7 Å². The fourth-order valence-corrected chi connectivity index (χ4v) is 3.77. The number of amides is 1. The lowest BCUT2D eigenvalue weighted by Gasteiger charge is -2.31. The van der Waals surface area contributed by atoms with Crippen molar-refractivity contribution < 1.29 is 19.1 Å². The Morgan fingerprint density at radius 1 is 1.24 bits per heavy atom. The van der Waals surface area contributed by atoms with Gasteiger partial charge in [-0.3, -0.25) is 14.6 Å². The summed E-state index contributed by atoms with van der Waals surface area (Å²) >= 11 is 0. The normalized spacial score (nSPS) is 18.2. The van der Waals surface area contributed by atoms with E-state index in [9.17, 15) is 9.59 Å². The number of fused-ring (bicyclic) bond motifs is 1. The molecule has 7 heteroatoms. The Morgan fingerprint density at radius 2 is 2.10 bits per heavy atom. The van der Waals surface area contributed by atoms with E-state index in [2.05, 4.69) is 9.88 Å². The van der Waals surface area contributed by atoms with Gasteiger partial charge >= 0.3 is 0 Å². The van der Waals surface area contributed by atoms with Crippen LogP contribution in [0.2, 0.25) is 0 Å². The summed E-state index contributed by atoms with van der Waals surface area (Å²) in [6, 6.07) is 7.61. The number of aromatic nitrogens is 1. The van der Waals surface area contributed by atoms with Crippen molar-refractivity contribution in [2.75, 3.05) is 31.1 Å². The number of ketones is 1. The van der Waals surface area contributed by atoms with Crippen LogP contribution in [-0.2, 0) is 4.79 Å². The molecule has 1 amide bonds. The second-order valence-electron chi connectivity index (χ2n) is 7.34. The van der Waals surface area contributed by atoms with Gasteiger partial charge in [-0.25, -0.2) is 0 Å². The second kappa shape index (κ2) is 8.11. The van der Waals surface area contributed by atoms with Crippen LogP contribution in [0, 0.1) is 0 Å². The van der Waals surface area contributed by atoms with E-state index >= 15 is 0 Å². The van der Waals surface area contributed by atoms with Gasteiger partial charge < -0.3 is 19.3 Å². The minimum absolute atomic E-state index is 0.00998. The highest BCUT2D eigenvalue weighted by Crippen LogP contribution is 2.39. The highest BCUT2D eigenvalue weighted by Gasteiger charge is 2.27. The minimum atomic E-state index is -0.0164. The molecule has 0 spiro atoms. The summed E-state index contributed by atoms with van der Waals surface area (Å²) in [6.07, 6.45) is 4.67. The number of anilines is 2. The number of pyridine rings is 1. The Hall–Kier alpha value is -3.09. The summed E-state index contributed by atoms with van der Waals surface area (Å²) in [5.74, 6) is 1.66. The van der Waals surface area contributed by atoms with Gasteiger partial charge in [-0.15, -0.1) is 0 Å². The van der Waals surface area contributed by atoms with Gasteiger partial charge in [0.05, 0.1) is 30.7 Å². The first-order valence-electron chi connectivity index (χ1n) is 10.00. The molecule has 1 aromatic carbocycles. The molecule has 0 saturated carbocycles. The molecule has 29 heavy (non-hydrogen) atoms. The molecule has 152 valence electrons. The van der Waals surface area contributed by atoms with E-state index in [1.165, 1.54) is 6.92 Å². The van der Waals surface area contributed by atoms with Crippen molar-refractivity contribution in [2.24, 2.45) is 0 Å². The third kappa shape index (κ3) is 4.04. The van der Waals surface area contributed by atoms with Crippen LogP contribution in [0.1, 0.15) is 37.0 Å². The van der Waals surface area contributed by atoms with Crippen molar-refractivity contribution in [1.82, 2.24) is 9.88 Å². The molecular formula is C22H25N3O4. The first-order valence-corrected chi connectivity index (χ1v) is 10.00. The second-order valence-corrected chi connectivity index (χ2v) is 7.34. The van der Waals surface area contributed by atoms with Crippen molar-refractivity contribution in [3.8, 4) is 11.5 Å². The number of likely N-dealkylation sites (tertiary alicyclic amines) is 1. The zero-order valence-corrected chi connectivity index (χ0v) is 16.8. The van der Waals surface area contributed by atoms with Crippen molar-refractivity contribution in [3.05, 3.63) is 42.2 Å². The largest absolute Gasteiger partial charge is 0.490 e. The van der Waals surface area contributed by atoms with Crippen LogP contribution >= 0.6 is 0 Å². The monoisotopic (exact) mass is 395 g/mol. The summed E-state index contributed by atoms with van der Waals surface area (Å²) < 4.78 is 12.0. The number of hydrogen-bond donors (Lipinski definition) is 0. The molecule has 1 saturated heterocycles. The van der Waals surface area contributed by atoms with Crippen molar-refractivity contribution in [1.29, 1.82) is 0 Å². The quantitative estimate of drug-likeness (QED) is 0.724. The Labute approximate surface area is 170 Å². The van der Waals surface area contributed by atoms with E-state index in [4.69, 9.17) is 9.47 Å². The SMILES string of the molecule is CCC(=O)N1CC[C@H](Oc2ccc3c(c2)N(c2cncc(C(C)=O)c2)CCO3)C1. The van der Waals surface area contributed by atoms with Gasteiger partial charge in [0, 0.05) is 37.2 Å². The van der Waals surface area contributed by atoms with Crippen LogP contribution in [0.4, 0.5) is 11.4 Å². The molecule has 1 atom stereocenters. The topological polar surface area (TPSA) is 72.0 Å². The maximum absolute atomic E-state index is 11.9. The summed E-state index contributed by atoms with van der Waals surface area (Å²) in [4.78, 5) is 31.8. The Kier molecular flexibility index (Phi) is 5.38. The van der Waals surface area contributed by atoms with Gasteiger partial charge in [0.2, 0.25) is 5.91 Å². The van der Waals surface area contributed by atoms with Crippen molar-refractivity contribution in [3.63, 3.8) is 0 Å². The Balaban J connectivity index is 1.55. The van der Waals surface area contributed by atoms with E-state index in [1.807, 2.05) is 36.1 Å². The molecule has 0 radical (unpaired) electrons. The van der Waals surface area contributed by atoms with E-state index < -0.39 is 0 Å². The summed E-state index contributed by atoms with van der Waals surface area (Å²) in [7, 11) is 0. The lowest BCUT2D eigenvalue weighted by atomic mass is 10.1. The number of ether oxygens (including phenoxy) is 2. The molecule has 2 aromatic rings. The summed E-state index contributed by atoms with van der Waals surface area (Å²) in [6.45, 7) is 5.98. The zero-order chi connectivity index (χ0) is 20.4. The summed E-state index contributed by atoms with van der Waals surface area (Å²) in [5, 5.41) is 0. The highest BCUT2D eigenvalue weighted by molar-refractivity contribution is 5.94. The third-order valence-corrected chi connectivity index (χ3v) is 5.34. The molecule has 0 N–H and O–H groups in total. The van der Waals surface area contributed by atoms with E-state index in [0.717, 1.165) is 35.8 Å². The number of hydrogen-bond acceptors (Lipinski definition) is 6. The summed E-state index contributed by atoms with van der Waals surface area (Å²) in [5.41, 5.74) is 2.31. The molecule has 0 bridgehead atoms. The van der Waals surface area contributed by atoms with Crippen LogP contribution in [0.5, 0.6) is 11.5 Å². The maximum Gasteiger partial charge on any atom is 0.222 e. The van der Waals surface area contributed by atoms with Gasteiger partial charge in [0.15, 0.2) is 5.78 Å². The molecule has 2 aliphatic heterocycles. The molecule has 2 aliphatic rings. The number of nitrogens with zero attached hydrogens (tertiary/aromatic N) is 3. The molecule has 7 nitrogen and oxygen atoms in total. The average Bonchev–Trinajstić information content (AvgIpc) is 3.21. The fraction of sp³-hybridized carbons (Fsp3) is 0.409. The molecule has 0 aliphatic carbocycles. The Bertz CT molecular complexity index is 930. The number of carbonyl (C=O) groups is 2. The van der Waals surface area contributed by atoms with Crippen LogP contribution < -0.4 is 14.4 Å². The van der Waals surface area contributed by atoms with Gasteiger partial charge in [-0.05, 0) is 25.1 Å². The van der Waals surface area contributed by atoms with Crippen LogP contribution in [-0.4, -0.2) is 53.9 Å². The van der Waals surface area contributed by atoms with Gasteiger partial charge in [-0.2, -0.15) is 0 Å². The predicted molar refractivity (Wildman–Crippen MR) is 109 cm³/mol. The number of carbonyl (C=O) groups excluding carboxylic acids is 2. The van der Waals surface area contributed by atoms with Crippen LogP contribution in [0.25, 0.3) is 0 Å². The lowest BCUT2D eigenvalue weighted by molar-refractivity contribution is -0.130. The van der Waals surface area contributed by atoms with Crippen LogP contribution in [0.15, 0.2) is 36.7 Å². The Morgan fingerprint density at radius 3 is 2.90 bits per heavy atom. The zero-order valence-electron chi connectivity index (χ0n) is 16.8. The van der Waals surface area contributed by atoms with Gasteiger partial charge in [-0.1, -0.05) is 6.92 Å². The van der Waals surface area contributed by atoms with E-state index in [-0.39, 0.29) is 17.8 Å². The van der Waals surface area contributed by atoms with Gasteiger partial charge in [0.1, 0.15) is 24.2 Å².